The zero-order valence-corrected chi connectivity index (χ0v) is 7.63. The third-order valence-electron chi connectivity index (χ3n) is 1.45. The standard InChI is InChI=1S/C6H11N3O2S/c1-2-3-4-12(10,11)6-7-5-8-9-6/h5H,2-4H2,1H3,(H,7,8,9). The van der Waals surface area contributed by atoms with E-state index in [1.54, 1.807) is 0 Å². The number of unbranched alkanes of at least 4 members (excludes halogenated alkanes) is 1. The van der Waals surface area contributed by atoms with Crippen LogP contribution in [0.5, 0.6) is 0 Å². The molecule has 0 amide bonds. The van der Waals surface area contributed by atoms with Gasteiger partial charge in [-0.1, -0.05) is 13.3 Å². The summed E-state index contributed by atoms with van der Waals surface area (Å²) in [6, 6.07) is 0. The molecule has 1 N–H and O–H groups in total. The minimum atomic E-state index is -3.21. The maximum Gasteiger partial charge on any atom is 0.242 e. The molecule has 0 saturated carbocycles. The minimum Gasteiger partial charge on any atom is -0.250 e. The lowest BCUT2D eigenvalue weighted by Gasteiger charge is -1.96. The SMILES string of the molecule is CCCCS(=O)(=O)c1ncn[nH]1. The van der Waals surface area contributed by atoms with Crippen molar-refractivity contribution in [2.24, 2.45) is 0 Å². The van der Waals surface area contributed by atoms with E-state index < -0.39 is 9.84 Å². The van der Waals surface area contributed by atoms with Gasteiger partial charge >= 0.3 is 0 Å². The van der Waals surface area contributed by atoms with E-state index in [1.807, 2.05) is 6.92 Å². The average molecular weight is 189 g/mol. The number of hydrogen-bond donors (Lipinski definition) is 1. The molecule has 0 saturated heterocycles. The van der Waals surface area contributed by atoms with Crippen molar-refractivity contribution in [1.82, 2.24) is 15.2 Å². The average Bonchev–Trinajstić information content (AvgIpc) is 2.53. The number of nitrogens with one attached hydrogen (secondary N) is 1. The lowest BCUT2D eigenvalue weighted by atomic mass is 10.4. The molecule has 0 spiro atoms. The molecular weight excluding hydrogens is 178 g/mol. The zero-order valence-electron chi connectivity index (χ0n) is 6.82. The highest BCUT2D eigenvalue weighted by Crippen LogP contribution is 2.04. The van der Waals surface area contributed by atoms with Gasteiger partial charge in [0.2, 0.25) is 15.0 Å². The van der Waals surface area contributed by atoms with Crippen LogP contribution in [0.25, 0.3) is 0 Å². The highest BCUT2D eigenvalue weighted by atomic mass is 32.2. The van der Waals surface area contributed by atoms with Crippen LogP contribution in [0.2, 0.25) is 0 Å². The molecule has 1 heterocycles. The van der Waals surface area contributed by atoms with Gasteiger partial charge < -0.3 is 0 Å². The summed E-state index contributed by atoms with van der Waals surface area (Å²) in [6.07, 6.45) is 2.70. The van der Waals surface area contributed by atoms with Crippen molar-refractivity contribution in [3.05, 3.63) is 6.33 Å². The van der Waals surface area contributed by atoms with Gasteiger partial charge in [-0.15, -0.1) is 0 Å². The van der Waals surface area contributed by atoms with E-state index >= 15 is 0 Å². The van der Waals surface area contributed by atoms with Gasteiger partial charge in [0.1, 0.15) is 6.33 Å². The van der Waals surface area contributed by atoms with Gasteiger partial charge in [0, 0.05) is 0 Å². The van der Waals surface area contributed by atoms with Gasteiger partial charge in [-0.3, -0.25) is 5.10 Å². The van der Waals surface area contributed by atoms with Crippen molar-refractivity contribution in [2.75, 3.05) is 5.75 Å². The van der Waals surface area contributed by atoms with E-state index in [0.29, 0.717) is 6.42 Å². The van der Waals surface area contributed by atoms with Crippen molar-refractivity contribution < 1.29 is 8.42 Å². The Morgan fingerprint density at radius 3 is 2.83 bits per heavy atom. The lowest BCUT2D eigenvalue weighted by molar-refractivity contribution is 0.584. The molecule has 0 unspecified atom stereocenters. The Balaban J connectivity index is 2.74. The largest absolute Gasteiger partial charge is 0.250 e. The third-order valence-corrected chi connectivity index (χ3v) is 3.07. The summed E-state index contributed by atoms with van der Waals surface area (Å²) in [7, 11) is -3.21. The Morgan fingerprint density at radius 1 is 1.58 bits per heavy atom. The predicted octanol–water partition coefficient (Wildman–Crippen LogP) is 0.379. The third kappa shape index (κ3) is 2.04. The predicted molar refractivity (Wildman–Crippen MR) is 43.3 cm³/mol. The number of nitrogens with zero attached hydrogens (tertiary/aromatic N) is 2. The van der Waals surface area contributed by atoms with Crippen molar-refractivity contribution >= 4 is 9.84 Å². The van der Waals surface area contributed by atoms with Crippen LogP contribution in [0.1, 0.15) is 19.8 Å². The van der Waals surface area contributed by atoms with E-state index in [-0.39, 0.29) is 10.9 Å². The summed E-state index contributed by atoms with van der Waals surface area (Å²) in [5.41, 5.74) is 0. The molecule has 0 radical (unpaired) electrons. The monoisotopic (exact) mass is 189 g/mol. The van der Waals surface area contributed by atoms with Gasteiger partial charge in [-0.25, -0.2) is 13.4 Å². The molecule has 0 aromatic carbocycles. The molecule has 1 aromatic rings. The van der Waals surface area contributed by atoms with Crippen LogP contribution in [-0.2, 0) is 9.84 Å². The molecule has 5 nitrogen and oxygen atoms in total. The number of H-pyrrole nitrogens is 1. The first-order chi connectivity index (χ1) is 5.67. The Bertz CT molecular complexity index is 317. The fourth-order valence-electron chi connectivity index (χ4n) is 0.775. The first-order valence-corrected chi connectivity index (χ1v) is 5.40. The highest BCUT2D eigenvalue weighted by molar-refractivity contribution is 7.91. The van der Waals surface area contributed by atoms with Crippen molar-refractivity contribution in [2.45, 2.75) is 24.9 Å². The molecule has 0 fully saturated rings. The van der Waals surface area contributed by atoms with Crippen LogP contribution in [-0.4, -0.2) is 29.4 Å². The summed E-state index contributed by atoms with van der Waals surface area (Å²) in [5.74, 6) is 0.138. The number of sulfone groups is 1. The van der Waals surface area contributed by atoms with Gasteiger partial charge in [0.15, 0.2) is 0 Å². The summed E-state index contributed by atoms with van der Waals surface area (Å²) in [5, 5.41) is 5.79. The fourth-order valence-corrected chi connectivity index (χ4v) is 2.04. The number of hydrogen-bond acceptors (Lipinski definition) is 4. The molecule has 0 aliphatic rings. The molecule has 1 aromatic heterocycles. The molecule has 6 heteroatoms. The Labute approximate surface area is 71.1 Å². The van der Waals surface area contributed by atoms with Gasteiger partial charge in [0.05, 0.1) is 5.75 Å². The maximum absolute atomic E-state index is 11.3. The normalized spacial score (nSPS) is 11.8. The number of aromatic nitrogens is 3. The van der Waals surface area contributed by atoms with Gasteiger partial charge in [-0.05, 0) is 6.42 Å². The van der Waals surface area contributed by atoms with Crippen LogP contribution in [0, 0.1) is 0 Å². The van der Waals surface area contributed by atoms with E-state index in [9.17, 15) is 8.42 Å². The first-order valence-electron chi connectivity index (χ1n) is 3.75. The van der Waals surface area contributed by atoms with Crippen LogP contribution in [0.4, 0.5) is 0 Å². The second-order valence-electron chi connectivity index (χ2n) is 2.46. The molecule has 0 aliphatic heterocycles. The minimum absolute atomic E-state index is 0.0315. The second kappa shape index (κ2) is 3.66. The Kier molecular flexibility index (Phi) is 2.80. The van der Waals surface area contributed by atoms with Gasteiger partial charge in [-0.2, -0.15) is 5.10 Å². The molecule has 0 aliphatic carbocycles. The van der Waals surface area contributed by atoms with Crippen LogP contribution in [0.3, 0.4) is 0 Å². The summed E-state index contributed by atoms with van der Waals surface area (Å²) >= 11 is 0. The van der Waals surface area contributed by atoms with Crippen molar-refractivity contribution in [1.29, 1.82) is 0 Å². The molecular formula is C6H11N3O2S. The van der Waals surface area contributed by atoms with E-state index in [1.165, 1.54) is 6.33 Å². The van der Waals surface area contributed by atoms with Crippen LogP contribution >= 0.6 is 0 Å². The lowest BCUT2D eigenvalue weighted by Crippen LogP contribution is -2.08. The number of aromatic amines is 1. The van der Waals surface area contributed by atoms with Crippen molar-refractivity contribution in [3.8, 4) is 0 Å². The quantitative estimate of drug-likeness (QED) is 0.742. The topological polar surface area (TPSA) is 75.7 Å². The molecule has 0 atom stereocenters. The molecule has 68 valence electrons. The summed E-state index contributed by atoms with van der Waals surface area (Å²) in [6.45, 7) is 1.94. The van der Waals surface area contributed by atoms with Crippen molar-refractivity contribution in [3.63, 3.8) is 0 Å². The molecule has 0 bridgehead atoms. The first kappa shape index (κ1) is 9.18. The van der Waals surface area contributed by atoms with Gasteiger partial charge in [0.25, 0.3) is 0 Å². The maximum atomic E-state index is 11.3. The highest BCUT2D eigenvalue weighted by Gasteiger charge is 2.15. The summed E-state index contributed by atoms with van der Waals surface area (Å²) < 4.78 is 22.6. The van der Waals surface area contributed by atoms with E-state index in [0.717, 1.165) is 6.42 Å². The van der Waals surface area contributed by atoms with Crippen LogP contribution < -0.4 is 0 Å². The second-order valence-corrected chi connectivity index (χ2v) is 4.49. The van der Waals surface area contributed by atoms with E-state index in [2.05, 4.69) is 15.2 Å². The Hall–Kier alpha value is -0.910. The molecule has 1 rings (SSSR count). The number of rotatable bonds is 4. The summed E-state index contributed by atoms with van der Waals surface area (Å²) in [4.78, 5) is 3.59. The van der Waals surface area contributed by atoms with Crippen LogP contribution in [0.15, 0.2) is 11.5 Å². The van der Waals surface area contributed by atoms with E-state index in [4.69, 9.17) is 0 Å². The smallest absolute Gasteiger partial charge is 0.242 e. The zero-order chi connectivity index (χ0) is 9.03. The fraction of sp³-hybridized carbons (Fsp3) is 0.667. The molecule has 12 heavy (non-hydrogen) atoms. The Morgan fingerprint density at radius 2 is 2.33 bits per heavy atom.